The summed E-state index contributed by atoms with van der Waals surface area (Å²) in [6, 6.07) is 4.94. The predicted molar refractivity (Wildman–Crippen MR) is 50.6 cm³/mol. The summed E-state index contributed by atoms with van der Waals surface area (Å²) in [7, 11) is -3.55. The molecule has 3 nitrogen and oxygen atoms in total. The SMILES string of the molecule is NS(=O)(=O)c1ccc2c(c1)CC=C2. The largest absolute Gasteiger partial charge is 0.238 e. The van der Waals surface area contributed by atoms with E-state index in [1.165, 1.54) is 6.07 Å². The molecule has 4 heteroatoms. The van der Waals surface area contributed by atoms with Gasteiger partial charge in [0, 0.05) is 0 Å². The summed E-state index contributed by atoms with van der Waals surface area (Å²) >= 11 is 0. The first-order valence-corrected chi connectivity index (χ1v) is 5.44. The Morgan fingerprint density at radius 2 is 2.08 bits per heavy atom. The molecule has 0 aliphatic heterocycles. The van der Waals surface area contributed by atoms with E-state index in [0.29, 0.717) is 0 Å². The fraction of sp³-hybridized carbons (Fsp3) is 0.111. The second-order valence-corrected chi connectivity index (χ2v) is 4.57. The Labute approximate surface area is 76.9 Å². The Morgan fingerprint density at radius 3 is 2.77 bits per heavy atom. The summed E-state index contributed by atoms with van der Waals surface area (Å²) in [5.41, 5.74) is 2.10. The van der Waals surface area contributed by atoms with Crippen molar-refractivity contribution in [2.75, 3.05) is 0 Å². The van der Waals surface area contributed by atoms with Gasteiger partial charge in [-0.2, -0.15) is 0 Å². The van der Waals surface area contributed by atoms with Crippen LogP contribution in [-0.2, 0) is 16.4 Å². The molecule has 0 heterocycles. The summed E-state index contributed by atoms with van der Waals surface area (Å²) < 4.78 is 22.0. The second-order valence-electron chi connectivity index (χ2n) is 3.01. The summed E-state index contributed by atoms with van der Waals surface area (Å²) in [6.45, 7) is 0. The number of primary sulfonamides is 1. The fourth-order valence-electron chi connectivity index (χ4n) is 1.41. The number of benzene rings is 1. The molecule has 1 aliphatic carbocycles. The molecule has 2 rings (SSSR count). The fourth-order valence-corrected chi connectivity index (χ4v) is 1.98. The van der Waals surface area contributed by atoms with Gasteiger partial charge in [-0.05, 0) is 29.7 Å². The first-order valence-electron chi connectivity index (χ1n) is 3.90. The van der Waals surface area contributed by atoms with Crippen molar-refractivity contribution in [2.24, 2.45) is 5.14 Å². The van der Waals surface area contributed by atoms with Crippen molar-refractivity contribution in [3.63, 3.8) is 0 Å². The van der Waals surface area contributed by atoms with Crippen LogP contribution in [0.1, 0.15) is 11.1 Å². The van der Waals surface area contributed by atoms with Crippen LogP contribution in [0.5, 0.6) is 0 Å². The van der Waals surface area contributed by atoms with E-state index in [1.807, 2.05) is 12.2 Å². The average Bonchev–Trinajstić information content (AvgIpc) is 2.47. The summed E-state index contributed by atoms with van der Waals surface area (Å²) in [4.78, 5) is 0.190. The van der Waals surface area contributed by atoms with Gasteiger partial charge < -0.3 is 0 Å². The molecule has 0 fully saturated rings. The van der Waals surface area contributed by atoms with Gasteiger partial charge in [-0.1, -0.05) is 18.2 Å². The maximum absolute atomic E-state index is 11.0. The minimum absolute atomic E-state index is 0.190. The van der Waals surface area contributed by atoms with Crippen LogP contribution in [0, 0.1) is 0 Å². The topological polar surface area (TPSA) is 60.2 Å². The molecule has 0 saturated heterocycles. The van der Waals surface area contributed by atoms with E-state index >= 15 is 0 Å². The van der Waals surface area contributed by atoms with E-state index in [9.17, 15) is 8.42 Å². The maximum Gasteiger partial charge on any atom is 0.238 e. The van der Waals surface area contributed by atoms with E-state index < -0.39 is 10.0 Å². The lowest BCUT2D eigenvalue weighted by molar-refractivity contribution is 0.597. The van der Waals surface area contributed by atoms with Crippen molar-refractivity contribution >= 4 is 16.1 Å². The maximum atomic E-state index is 11.0. The molecule has 1 aromatic carbocycles. The van der Waals surface area contributed by atoms with Crippen molar-refractivity contribution < 1.29 is 8.42 Å². The molecular weight excluding hydrogens is 186 g/mol. The van der Waals surface area contributed by atoms with Crippen molar-refractivity contribution in [3.8, 4) is 0 Å². The molecule has 0 amide bonds. The Morgan fingerprint density at radius 1 is 1.31 bits per heavy atom. The third-order valence-corrected chi connectivity index (χ3v) is 2.99. The Hall–Kier alpha value is -1.13. The average molecular weight is 195 g/mol. The van der Waals surface area contributed by atoms with Crippen LogP contribution in [-0.4, -0.2) is 8.42 Å². The zero-order chi connectivity index (χ0) is 9.47. The lowest BCUT2D eigenvalue weighted by Crippen LogP contribution is -2.12. The van der Waals surface area contributed by atoms with Crippen LogP contribution in [0.15, 0.2) is 29.2 Å². The van der Waals surface area contributed by atoms with Crippen LogP contribution >= 0.6 is 0 Å². The molecule has 1 aromatic rings. The molecule has 0 atom stereocenters. The molecular formula is C9H9NO2S. The lowest BCUT2D eigenvalue weighted by Gasteiger charge is -2.01. The molecule has 0 saturated carbocycles. The quantitative estimate of drug-likeness (QED) is 0.723. The van der Waals surface area contributed by atoms with Gasteiger partial charge >= 0.3 is 0 Å². The standard InChI is InChI=1S/C9H9NO2S/c10-13(11,12)9-5-4-7-2-1-3-8(7)6-9/h1-2,4-6H,3H2,(H2,10,11,12). The highest BCUT2D eigenvalue weighted by Gasteiger charge is 2.11. The lowest BCUT2D eigenvalue weighted by atomic mass is 10.1. The number of sulfonamides is 1. The smallest absolute Gasteiger partial charge is 0.225 e. The summed E-state index contributed by atoms with van der Waals surface area (Å²) in [5.74, 6) is 0. The molecule has 1 aliphatic rings. The second kappa shape index (κ2) is 2.68. The highest BCUT2D eigenvalue weighted by atomic mass is 32.2. The van der Waals surface area contributed by atoms with E-state index in [4.69, 9.17) is 5.14 Å². The van der Waals surface area contributed by atoms with E-state index in [-0.39, 0.29) is 4.90 Å². The first kappa shape index (κ1) is 8.47. The first-order chi connectivity index (χ1) is 6.07. The molecule has 0 unspecified atom stereocenters. The van der Waals surface area contributed by atoms with Crippen molar-refractivity contribution in [3.05, 3.63) is 35.4 Å². The minimum atomic E-state index is -3.55. The number of fused-ring (bicyclic) bond motifs is 1. The Kier molecular flexibility index (Phi) is 1.75. The molecule has 13 heavy (non-hydrogen) atoms. The molecule has 0 bridgehead atoms. The van der Waals surface area contributed by atoms with Gasteiger partial charge in [0.05, 0.1) is 4.90 Å². The monoisotopic (exact) mass is 195 g/mol. The van der Waals surface area contributed by atoms with E-state index in [1.54, 1.807) is 12.1 Å². The van der Waals surface area contributed by atoms with Crippen molar-refractivity contribution in [1.29, 1.82) is 0 Å². The Balaban J connectivity index is 2.57. The molecule has 0 aromatic heterocycles. The molecule has 0 spiro atoms. The van der Waals surface area contributed by atoms with Crippen LogP contribution in [0.25, 0.3) is 6.08 Å². The van der Waals surface area contributed by atoms with E-state index in [0.717, 1.165) is 17.5 Å². The molecule has 0 radical (unpaired) electrons. The van der Waals surface area contributed by atoms with Gasteiger partial charge in [0.1, 0.15) is 0 Å². The highest BCUT2D eigenvalue weighted by molar-refractivity contribution is 7.89. The van der Waals surface area contributed by atoms with Crippen molar-refractivity contribution in [2.45, 2.75) is 11.3 Å². The number of allylic oxidation sites excluding steroid dienone is 1. The van der Waals surface area contributed by atoms with Crippen LogP contribution in [0.2, 0.25) is 0 Å². The molecule has 68 valence electrons. The summed E-state index contributed by atoms with van der Waals surface area (Å²) in [5, 5.41) is 5.00. The van der Waals surface area contributed by atoms with Gasteiger partial charge in [0.15, 0.2) is 0 Å². The third kappa shape index (κ3) is 1.50. The third-order valence-electron chi connectivity index (χ3n) is 2.08. The van der Waals surface area contributed by atoms with Crippen LogP contribution in [0.3, 0.4) is 0 Å². The predicted octanol–water partition coefficient (Wildman–Crippen LogP) is 0.903. The minimum Gasteiger partial charge on any atom is -0.225 e. The van der Waals surface area contributed by atoms with Gasteiger partial charge in [-0.25, -0.2) is 13.6 Å². The number of hydrogen-bond acceptors (Lipinski definition) is 2. The van der Waals surface area contributed by atoms with Gasteiger partial charge in [-0.15, -0.1) is 0 Å². The van der Waals surface area contributed by atoms with Gasteiger partial charge in [-0.3, -0.25) is 0 Å². The Bertz CT molecular complexity index is 474. The number of nitrogens with two attached hydrogens (primary N) is 1. The van der Waals surface area contributed by atoms with Gasteiger partial charge in [0.2, 0.25) is 10.0 Å². The zero-order valence-corrected chi connectivity index (χ0v) is 7.71. The van der Waals surface area contributed by atoms with E-state index in [2.05, 4.69) is 0 Å². The summed E-state index contributed by atoms with van der Waals surface area (Å²) in [6.07, 6.45) is 4.76. The number of hydrogen-bond donors (Lipinski definition) is 1. The van der Waals surface area contributed by atoms with Crippen LogP contribution in [0.4, 0.5) is 0 Å². The zero-order valence-electron chi connectivity index (χ0n) is 6.90. The number of rotatable bonds is 1. The normalized spacial score (nSPS) is 14.5. The molecule has 2 N–H and O–H groups in total. The van der Waals surface area contributed by atoms with Crippen LogP contribution < -0.4 is 5.14 Å². The van der Waals surface area contributed by atoms with Gasteiger partial charge in [0.25, 0.3) is 0 Å². The highest BCUT2D eigenvalue weighted by Crippen LogP contribution is 2.21. The van der Waals surface area contributed by atoms with Crippen molar-refractivity contribution in [1.82, 2.24) is 0 Å².